The van der Waals surface area contributed by atoms with E-state index >= 15 is 0 Å². The van der Waals surface area contributed by atoms with Gasteiger partial charge in [0.1, 0.15) is 17.3 Å². The predicted molar refractivity (Wildman–Crippen MR) is 127 cm³/mol. The number of halogens is 1. The highest BCUT2D eigenvalue weighted by atomic mass is 19.1. The zero-order chi connectivity index (χ0) is 23.8. The highest BCUT2D eigenvalue weighted by Crippen LogP contribution is 2.42. The minimum absolute atomic E-state index is 0.0205. The second kappa shape index (κ2) is 8.78. The van der Waals surface area contributed by atoms with Crippen LogP contribution in [-0.4, -0.2) is 23.4 Å². The van der Waals surface area contributed by atoms with Crippen LogP contribution in [-0.2, 0) is 22.4 Å². The second-order valence-electron chi connectivity index (χ2n) is 8.52. The van der Waals surface area contributed by atoms with Gasteiger partial charge in [-0.25, -0.2) is 4.39 Å². The zero-order valence-corrected chi connectivity index (χ0v) is 18.8. The van der Waals surface area contributed by atoms with Crippen molar-refractivity contribution >= 4 is 23.1 Å². The number of rotatable bonds is 4. The van der Waals surface area contributed by atoms with Crippen molar-refractivity contribution in [1.29, 1.82) is 0 Å². The van der Waals surface area contributed by atoms with Crippen molar-refractivity contribution in [2.24, 2.45) is 0 Å². The van der Waals surface area contributed by atoms with Gasteiger partial charge in [-0.1, -0.05) is 31.2 Å². The number of hydrogen-bond acceptors (Lipinski definition) is 4. The number of ketones is 1. The van der Waals surface area contributed by atoms with Crippen LogP contribution in [0.4, 0.5) is 10.1 Å². The zero-order valence-electron chi connectivity index (χ0n) is 18.8. The van der Waals surface area contributed by atoms with Gasteiger partial charge in [0, 0.05) is 11.3 Å². The molecule has 6 heteroatoms. The Bertz CT molecular complexity index is 1290. The number of benzene rings is 3. The summed E-state index contributed by atoms with van der Waals surface area (Å²) in [5, 5.41) is 11.3. The molecule has 0 aliphatic carbocycles. The van der Waals surface area contributed by atoms with Gasteiger partial charge in [0.2, 0.25) is 0 Å². The molecule has 172 valence electrons. The summed E-state index contributed by atoms with van der Waals surface area (Å²) in [5.41, 5.74) is 3.52. The quantitative estimate of drug-likeness (QED) is 0.326. The Hall–Kier alpha value is -3.93. The van der Waals surface area contributed by atoms with E-state index in [2.05, 4.69) is 0 Å². The van der Waals surface area contributed by atoms with Crippen LogP contribution in [0.2, 0.25) is 0 Å². The topological polar surface area (TPSA) is 66.8 Å². The molecule has 0 bridgehead atoms. The maximum absolute atomic E-state index is 13.7. The van der Waals surface area contributed by atoms with E-state index in [1.54, 1.807) is 30.3 Å². The van der Waals surface area contributed by atoms with E-state index in [4.69, 9.17) is 4.74 Å². The third kappa shape index (κ3) is 3.75. The van der Waals surface area contributed by atoms with Crippen LogP contribution in [0.5, 0.6) is 5.75 Å². The van der Waals surface area contributed by atoms with Gasteiger partial charge in [0.25, 0.3) is 11.7 Å². The van der Waals surface area contributed by atoms with Crippen LogP contribution in [0, 0.1) is 5.82 Å². The number of ether oxygens (including phenoxy) is 1. The van der Waals surface area contributed by atoms with E-state index in [-0.39, 0.29) is 11.3 Å². The Balaban J connectivity index is 1.67. The van der Waals surface area contributed by atoms with E-state index in [0.717, 1.165) is 36.1 Å². The third-order valence-corrected chi connectivity index (χ3v) is 6.43. The maximum atomic E-state index is 13.7. The van der Waals surface area contributed by atoms with E-state index in [1.165, 1.54) is 29.2 Å². The van der Waals surface area contributed by atoms with Crippen molar-refractivity contribution in [3.63, 3.8) is 0 Å². The lowest BCUT2D eigenvalue weighted by Gasteiger charge is -2.26. The lowest BCUT2D eigenvalue weighted by atomic mass is 9.94. The van der Waals surface area contributed by atoms with Crippen LogP contribution in [0.15, 0.2) is 72.3 Å². The molecule has 0 aromatic heterocycles. The number of anilines is 1. The fourth-order valence-corrected chi connectivity index (χ4v) is 4.61. The third-order valence-electron chi connectivity index (χ3n) is 6.43. The molecule has 1 fully saturated rings. The van der Waals surface area contributed by atoms with Crippen molar-refractivity contribution in [3.8, 4) is 5.75 Å². The SMILES string of the molecule is CCc1ccc(N2C(=O)C(=O)/C(=C(\O)c3ccc4c(c3)CCCO4)C2c2ccc(F)cc2)cc1. The molecule has 3 aromatic carbocycles. The first kappa shape index (κ1) is 21.9. The largest absolute Gasteiger partial charge is 0.507 e. The average molecular weight is 458 g/mol. The molecule has 1 amide bonds. The summed E-state index contributed by atoms with van der Waals surface area (Å²) in [5.74, 6) is -1.44. The number of amides is 1. The minimum atomic E-state index is -0.889. The number of Topliss-reactive ketones (excluding diaryl/α,β-unsaturated/α-hetero) is 1. The monoisotopic (exact) mass is 457 g/mol. The molecule has 34 heavy (non-hydrogen) atoms. The number of aliphatic hydroxyl groups is 1. The Kier molecular flexibility index (Phi) is 5.65. The number of fused-ring (bicyclic) bond motifs is 1. The van der Waals surface area contributed by atoms with Gasteiger partial charge >= 0.3 is 0 Å². The first-order chi connectivity index (χ1) is 16.5. The minimum Gasteiger partial charge on any atom is -0.507 e. The Morgan fingerprint density at radius 1 is 1.06 bits per heavy atom. The molecular formula is C28H24FNO4. The van der Waals surface area contributed by atoms with Gasteiger partial charge in [-0.2, -0.15) is 0 Å². The summed E-state index contributed by atoms with van der Waals surface area (Å²) in [6, 6.07) is 17.4. The van der Waals surface area contributed by atoms with E-state index in [0.29, 0.717) is 23.4 Å². The van der Waals surface area contributed by atoms with Crippen LogP contribution < -0.4 is 9.64 Å². The smallest absolute Gasteiger partial charge is 0.300 e. The van der Waals surface area contributed by atoms with Gasteiger partial charge in [-0.3, -0.25) is 14.5 Å². The summed E-state index contributed by atoms with van der Waals surface area (Å²) < 4.78 is 19.3. The number of nitrogens with zero attached hydrogens (tertiary/aromatic N) is 1. The lowest BCUT2D eigenvalue weighted by Crippen LogP contribution is -2.29. The van der Waals surface area contributed by atoms with Crippen molar-refractivity contribution in [2.75, 3.05) is 11.5 Å². The Morgan fingerprint density at radius 3 is 2.50 bits per heavy atom. The highest BCUT2D eigenvalue weighted by molar-refractivity contribution is 6.51. The van der Waals surface area contributed by atoms with Crippen LogP contribution in [0.3, 0.4) is 0 Å². The fraction of sp³-hybridized carbons (Fsp3) is 0.214. The van der Waals surface area contributed by atoms with Crippen molar-refractivity contribution in [1.82, 2.24) is 0 Å². The number of aliphatic hydroxyl groups excluding tert-OH is 1. The average Bonchev–Trinajstić information content (AvgIpc) is 3.14. The number of aryl methyl sites for hydroxylation is 2. The van der Waals surface area contributed by atoms with E-state index in [1.807, 2.05) is 19.1 Å². The van der Waals surface area contributed by atoms with Crippen molar-refractivity contribution in [3.05, 3.63) is 100 Å². The van der Waals surface area contributed by atoms with E-state index in [9.17, 15) is 19.1 Å². The van der Waals surface area contributed by atoms with Gasteiger partial charge in [-0.15, -0.1) is 0 Å². The highest BCUT2D eigenvalue weighted by Gasteiger charge is 2.47. The summed E-state index contributed by atoms with van der Waals surface area (Å²) in [6.07, 6.45) is 2.50. The van der Waals surface area contributed by atoms with Crippen molar-refractivity contribution in [2.45, 2.75) is 32.2 Å². The summed E-state index contributed by atoms with van der Waals surface area (Å²) in [6.45, 7) is 2.67. The predicted octanol–water partition coefficient (Wildman–Crippen LogP) is 5.34. The van der Waals surface area contributed by atoms with Crippen LogP contribution in [0.25, 0.3) is 5.76 Å². The number of carbonyl (C=O) groups is 2. The van der Waals surface area contributed by atoms with Gasteiger partial charge in [-0.05, 0) is 78.4 Å². The summed E-state index contributed by atoms with van der Waals surface area (Å²) in [4.78, 5) is 27.9. The molecule has 1 saturated heterocycles. The van der Waals surface area contributed by atoms with Crippen molar-refractivity contribution < 1.29 is 23.8 Å². The molecular weight excluding hydrogens is 433 g/mol. The Morgan fingerprint density at radius 2 is 1.79 bits per heavy atom. The maximum Gasteiger partial charge on any atom is 0.300 e. The van der Waals surface area contributed by atoms with Gasteiger partial charge < -0.3 is 9.84 Å². The molecule has 1 atom stereocenters. The second-order valence-corrected chi connectivity index (χ2v) is 8.52. The molecule has 5 nitrogen and oxygen atoms in total. The fourth-order valence-electron chi connectivity index (χ4n) is 4.61. The molecule has 3 aromatic rings. The van der Waals surface area contributed by atoms with E-state index < -0.39 is 23.5 Å². The molecule has 1 unspecified atom stereocenters. The first-order valence-electron chi connectivity index (χ1n) is 11.4. The number of carbonyl (C=O) groups excluding carboxylic acids is 2. The summed E-state index contributed by atoms with van der Waals surface area (Å²) in [7, 11) is 0. The normalized spacial score (nSPS) is 19.1. The van der Waals surface area contributed by atoms with Crippen LogP contribution in [0.1, 0.15) is 41.6 Å². The molecule has 0 spiro atoms. The Labute approximate surface area is 197 Å². The molecule has 1 N–H and O–H groups in total. The number of hydrogen-bond donors (Lipinski definition) is 1. The molecule has 5 rings (SSSR count). The van der Waals surface area contributed by atoms with Gasteiger partial charge in [0.15, 0.2) is 0 Å². The molecule has 2 aliphatic rings. The molecule has 0 saturated carbocycles. The molecule has 2 aliphatic heterocycles. The first-order valence-corrected chi connectivity index (χ1v) is 11.4. The lowest BCUT2D eigenvalue weighted by molar-refractivity contribution is -0.132. The standard InChI is InChI=1S/C28H24FNO4/c1-2-17-5-12-22(13-6-17)30-25(18-7-10-21(29)11-8-18)24(27(32)28(30)33)26(31)20-9-14-23-19(16-20)4-3-15-34-23/h5-14,16,25,31H,2-4,15H2,1H3/b26-24-. The molecule has 0 radical (unpaired) electrons. The van der Waals surface area contributed by atoms with Crippen LogP contribution >= 0.6 is 0 Å². The summed E-state index contributed by atoms with van der Waals surface area (Å²) >= 11 is 0. The molecule has 2 heterocycles. The van der Waals surface area contributed by atoms with Gasteiger partial charge in [0.05, 0.1) is 18.2 Å².